The number of rotatable bonds is 6. The van der Waals surface area contributed by atoms with E-state index in [-0.39, 0.29) is 31.2 Å². The van der Waals surface area contributed by atoms with Crippen molar-refractivity contribution >= 4 is 23.8 Å². The first-order chi connectivity index (χ1) is 13.2. The fourth-order valence-corrected chi connectivity index (χ4v) is 3.92. The normalized spacial score (nSPS) is 22.1. The van der Waals surface area contributed by atoms with Crippen LogP contribution in [0.15, 0.2) is 30.3 Å². The lowest BCUT2D eigenvalue weighted by molar-refractivity contribution is -0.146. The van der Waals surface area contributed by atoms with Crippen LogP contribution in [0.1, 0.15) is 38.7 Å². The molecule has 2 fully saturated rings. The average Bonchev–Trinajstić information content (AvgIpc) is 3.02. The summed E-state index contributed by atoms with van der Waals surface area (Å²) in [6.07, 6.45) is 0.403. The van der Waals surface area contributed by atoms with Gasteiger partial charge >= 0.3 is 12.0 Å². The summed E-state index contributed by atoms with van der Waals surface area (Å²) in [6.45, 7) is 3.95. The molecule has 0 aliphatic carbocycles. The van der Waals surface area contributed by atoms with Gasteiger partial charge in [-0.1, -0.05) is 44.2 Å². The lowest BCUT2D eigenvalue weighted by atomic mass is 9.85. The van der Waals surface area contributed by atoms with E-state index >= 15 is 0 Å². The van der Waals surface area contributed by atoms with Crippen LogP contribution in [0, 0.1) is 5.41 Å². The lowest BCUT2D eigenvalue weighted by Crippen LogP contribution is -2.64. The van der Waals surface area contributed by atoms with Crippen LogP contribution in [-0.4, -0.2) is 57.3 Å². The Kier molecular flexibility index (Phi) is 5.40. The Morgan fingerprint density at radius 2 is 1.86 bits per heavy atom. The number of imide groups is 1. The monoisotopic (exact) mass is 387 g/mol. The molecule has 2 atom stereocenters. The number of urea groups is 1. The molecule has 3 rings (SSSR count). The number of carbonyl (C=O) groups excluding carboxylic acids is 3. The number of fused-ring (bicyclic) bond motifs is 1. The minimum atomic E-state index is -0.966. The summed E-state index contributed by atoms with van der Waals surface area (Å²) in [4.78, 5) is 52.0. The fraction of sp³-hybridized carbons (Fsp3) is 0.500. The maximum absolute atomic E-state index is 13.1. The summed E-state index contributed by atoms with van der Waals surface area (Å²) in [6, 6.07) is 7.59. The Balaban J connectivity index is 1.74. The summed E-state index contributed by atoms with van der Waals surface area (Å²) in [5, 5.41) is 11.9. The second-order valence-electron chi connectivity index (χ2n) is 8.20. The van der Waals surface area contributed by atoms with Crippen molar-refractivity contribution in [3.63, 3.8) is 0 Å². The van der Waals surface area contributed by atoms with E-state index < -0.39 is 29.5 Å². The summed E-state index contributed by atoms with van der Waals surface area (Å²) >= 11 is 0. The number of carboxylic acid groups (broad SMARTS) is 1. The van der Waals surface area contributed by atoms with E-state index in [1.807, 2.05) is 30.3 Å². The molecule has 2 aliphatic rings. The Bertz CT molecular complexity index is 792. The van der Waals surface area contributed by atoms with Crippen LogP contribution in [0.2, 0.25) is 0 Å². The van der Waals surface area contributed by atoms with E-state index in [0.29, 0.717) is 13.0 Å². The number of likely N-dealkylation sites (tertiary alicyclic amines) is 1. The lowest BCUT2D eigenvalue weighted by Gasteiger charge is -2.37. The number of hydrogen-bond donors (Lipinski definition) is 2. The van der Waals surface area contributed by atoms with Crippen LogP contribution in [0.25, 0.3) is 0 Å². The van der Waals surface area contributed by atoms with E-state index in [1.165, 1.54) is 4.90 Å². The minimum absolute atomic E-state index is 0.0302. The number of carboxylic acids is 1. The molecule has 0 aromatic heterocycles. The zero-order valence-electron chi connectivity index (χ0n) is 16.1. The molecule has 2 N–H and O–H groups in total. The topological polar surface area (TPSA) is 107 Å². The number of nitrogens with zero attached hydrogens (tertiary/aromatic N) is 2. The van der Waals surface area contributed by atoms with Crippen molar-refractivity contribution in [2.24, 2.45) is 5.41 Å². The van der Waals surface area contributed by atoms with Crippen LogP contribution >= 0.6 is 0 Å². The van der Waals surface area contributed by atoms with Gasteiger partial charge in [-0.25, -0.2) is 4.79 Å². The van der Waals surface area contributed by atoms with Gasteiger partial charge in [-0.05, 0) is 17.4 Å². The number of benzene rings is 1. The number of hydrogen-bond acceptors (Lipinski definition) is 4. The number of carbonyl (C=O) groups is 4. The van der Waals surface area contributed by atoms with Crippen LogP contribution in [-0.2, 0) is 20.9 Å². The van der Waals surface area contributed by atoms with Crippen molar-refractivity contribution in [2.45, 2.75) is 51.7 Å². The first-order valence-corrected chi connectivity index (χ1v) is 9.35. The highest BCUT2D eigenvalue weighted by molar-refractivity contribution is 6.02. The van der Waals surface area contributed by atoms with E-state index in [1.54, 1.807) is 13.8 Å². The predicted molar refractivity (Wildman–Crippen MR) is 100 cm³/mol. The third-order valence-electron chi connectivity index (χ3n) is 5.23. The van der Waals surface area contributed by atoms with Crippen molar-refractivity contribution in [1.82, 2.24) is 15.1 Å². The maximum Gasteiger partial charge on any atom is 0.324 e. The van der Waals surface area contributed by atoms with Gasteiger partial charge in [-0.2, -0.15) is 0 Å². The van der Waals surface area contributed by atoms with Crippen LogP contribution in [0.4, 0.5) is 4.79 Å². The quantitative estimate of drug-likeness (QED) is 0.771. The summed E-state index contributed by atoms with van der Waals surface area (Å²) in [7, 11) is 0. The molecule has 28 heavy (non-hydrogen) atoms. The van der Waals surface area contributed by atoms with Gasteiger partial charge in [-0.3, -0.25) is 19.3 Å². The molecule has 2 aliphatic heterocycles. The van der Waals surface area contributed by atoms with Gasteiger partial charge in [0, 0.05) is 13.0 Å². The predicted octanol–water partition coefficient (Wildman–Crippen LogP) is 1.60. The molecule has 0 bridgehead atoms. The molecule has 0 saturated carbocycles. The van der Waals surface area contributed by atoms with Crippen molar-refractivity contribution in [1.29, 1.82) is 0 Å². The fourth-order valence-electron chi connectivity index (χ4n) is 3.92. The van der Waals surface area contributed by atoms with Crippen LogP contribution < -0.4 is 5.32 Å². The molecule has 2 saturated heterocycles. The maximum atomic E-state index is 13.1. The van der Waals surface area contributed by atoms with Gasteiger partial charge < -0.3 is 15.3 Å². The molecule has 0 radical (unpaired) electrons. The number of amides is 4. The first kappa shape index (κ1) is 19.9. The van der Waals surface area contributed by atoms with E-state index in [4.69, 9.17) is 5.11 Å². The largest absolute Gasteiger partial charge is 0.481 e. The Hall–Kier alpha value is -2.90. The van der Waals surface area contributed by atoms with Gasteiger partial charge in [0.05, 0.1) is 19.0 Å². The zero-order valence-corrected chi connectivity index (χ0v) is 16.1. The highest BCUT2D eigenvalue weighted by Crippen LogP contribution is 2.30. The second kappa shape index (κ2) is 7.61. The third kappa shape index (κ3) is 4.16. The van der Waals surface area contributed by atoms with Gasteiger partial charge in [0.25, 0.3) is 5.91 Å². The Morgan fingerprint density at radius 1 is 1.18 bits per heavy atom. The van der Waals surface area contributed by atoms with Crippen molar-refractivity contribution in [3.8, 4) is 0 Å². The molecule has 2 unspecified atom stereocenters. The zero-order chi connectivity index (χ0) is 20.5. The minimum Gasteiger partial charge on any atom is -0.481 e. The summed E-state index contributed by atoms with van der Waals surface area (Å²) in [5.41, 5.74) is 0.106. The van der Waals surface area contributed by atoms with Gasteiger partial charge in [-0.15, -0.1) is 0 Å². The molecular weight excluding hydrogens is 362 g/mol. The average molecular weight is 387 g/mol. The summed E-state index contributed by atoms with van der Waals surface area (Å²) < 4.78 is 0. The van der Waals surface area contributed by atoms with E-state index in [0.717, 1.165) is 10.5 Å². The molecule has 4 amide bonds. The molecule has 8 nitrogen and oxygen atoms in total. The van der Waals surface area contributed by atoms with Gasteiger partial charge in [0.1, 0.15) is 6.04 Å². The first-order valence-electron chi connectivity index (χ1n) is 9.35. The second-order valence-corrected chi connectivity index (χ2v) is 8.20. The molecule has 150 valence electrons. The smallest absolute Gasteiger partial charge is 0.324 e. The molecule has 2 heterocycles. The molecule has 1 aromatic rings. The van der Waals surface area contributed by atoms with Crippen molar-refractivity contribution in [2.75, 3.05) is 6.54 Å². The molecular formula is C20H25N3O5. The van der Waals surface area contributed by atoms with Gasteiger partial charge in [0.2, 0.25) is 5.91 Å². The van der Waals surface area contributed by atoms with Crippen molar-refractivity contribution in [3.05, 3.63) is 35.9 Å². The molecule has 8 heteroatoms. The highest BCUT2D eigenvalue weighted by atomic mass is 16.4. The van der Waals surface area contributed by atoms with Crippen LogP contribution in [0.3, 0.4) is 0 Å². The molecule has 0 spiro atoms. The Labute approximate surface area is 163 Å². The summed E-state index contributed by atoms with van der Waals surface area (Å²) in [5.74, 6) is -1.62. The SMILES string of the molecule is CC(C)(CC(=O)O)CC(=O)N1CCC2NC(=O)N(Cc3ccccc3)C(=O)C21. The molecule has 1 aromatic carbocycles. The standard InChI is InChI=1S/C20H25N3O5/c1-20(2,11-16(25)26)10-15(24)22-9-8-14-17(22)18(27)23(19(28)21-14)12-13-6-4-3-5-7-13/h3-7,14,17H,8-12H2,1-2H3,(H,21,28)(H,25,26). The number of nitrogens with one attached hydrogen (secondary N) is 1. The van der Waals surface area contributed by atoms with Gasteiger partial charge in [0.15, 0.2) is 0 Å². The number of aliphatic carboxylic acids is 1. The van der Waals surface area contributed by atoms with E-state index in [2.05, 4.69) is 5.32 Å². The Morgan fingerprint density at radius 3 is 2.50 bits per heavy atom. The third-order valence-corrected chi connectivity index (χ3v) is 5.23. The highest BCUT2D eigenvalue weighted by Gasteiger charge is 2.49. The van der Waals surface area contributed by atoms with E-state index in [9.17, 15) is 19.2 Å². The van der Waals surface area contributed by atoms with Crippen molar-refractivity contribution < 1.29 is 24.3 Å². The van der Waals surface area contributed by atoms with Crippen LogP contribution in [0.5, 0.6) is 0 Å².